The van der Waals surface area contributed by atoms with E-state index in [2.05, 4.69) is 18.9 Å². The Labute approximate surface area is 69.5 Å². The zero-order valence-corrected chi connectivity index (χ0v) is 7.84. The zero-order valence-electron chi connectivity index (χ0n) is 7.84. The van der Waals surface area contributed by atoms with Gasteiger partial charge in [-0.05, 0) is 25.3 Å². The first-order valence-corrected chi connectivity index (χ1v) is 4.41. The predicted octanol–water partition coefficient (Wildman–Crippen LogP) is 1.22. The van der Waals surface area contributed by atoms with Crippen LogP contribution in [0.5, 0.6) is 0 Å². The standard InChI is InChI=1S/C9H19NO/c1-8-6-9(8)7-10(2)4-5-11-3/h8-9H,4-7H2,1-3H3/t8-,9?/m0/s1. The van der Waals surface area contributed by atoms with Crippen LogP contribution >= 0.6 is 0 Å². The fourth-order valence-corrected chi connectivity index (χ4v) is 1.39. The molecule has 1 fully saturated rings. The van der Waals surface area contributed by atoms with Gasteiger partial charge in [0.05, 0.1) is 6.61 Å². The molecule has 11 heavy (non-hydrogen) atoms. The Balaban J connectivity index is 1.97. The molecule has 0 aromatic carbocycles. The van der Waals surface area contributed by atoms with Crippen LogP contribution in [-0.4, -0.2) is 38.8 Å². The van der Waals surface area contributed by atoms with Crippen molar-refractivity contribution < 1.29 is 4.74 Å². The number of nitrogens with zero attached hydrogens (tertiary/aromatic N) is 1. The molecule has 2 atom stereocenters. The molecule has 0 bridgehead atoms. The Bertz CT molecular complexity index is 116. The minimum absolute atomic E-state index is 0.859. The van der Waals surface area contributed by atoms with Gasteiger partial charge in [0, 0.05) is 20.2 Å². The van der Waals surface area contributed by atoms with Gasteiger partial charge in [-0.15, -0.1) is 0 Å². The summed E-state index contributed by atoms with van der Waals surface area (Å²) in [6.07, 6.45) is 1.43. The molecule has 2 nitrogen and oxygen atoms in total. The second-order valence-corrected chi connectivity index (χ2v) is 3.73. The molecule has 0 heterocycles. The molecule has 1 aliphatic rings. The maximum Gasteiger partial charge on any atom is 0.0589 e. The van der Waals surface area contributed by atoms with E-state index in [9.17, 15) is 0 Å². The normalized spacial score (nSPS) is 29.5. The first kappa shape index (κ1) is 9.01. The summed E-state index contributed by atoms with van der Waals surface area (Å²) >= 11 is 0. The molecular formula is C9H19NO. The lowest BCUT2D eigenvalue weighted by molar-refractivity contribution is 0.158. The van der Waals surface area contributed by atoms with Crippen LogP contribution in [0.2, 0.25) is 0 Å². The van der Waals surface area contributed by atoms with Crippen LogP contribution in [0.15, 0.2) is 0 Å². The van der Waals surface area contributed by atoms with Gasteiger partial charge in [-0.3, -0.25) is 0 Å². The van der Waals surface area contributed by atoms with Gasteiger partial charge >= 0.3 is 0 Å². The Morgan fingerprint density at radius 2 is 2.18 bits per heavy atom. The van der Waals surface area contributed by atoms with Crippen molar-refractivity contribution in [1.29, 1.82) is 0 Å². The summed E-state index contributed by atoms with van der Waals surface area (Å²) in [7, 11) is 3.93. The van der Waals surface area contributed by atoms with Gasteiger partial charge in [0.25, 0.3) is 0 Å². The lowest BCUT2D eigenvalue weighted by Gasteiger charge is -2.15. The fraction of sp³-hybridized carbons (Fsp3) is 1.00. The van der Waals surface area contributed by atoms with Gasteiger partial charge in [-0.1, -0.05) is 6.92 Å². The van der Waals surface area contributed by atoms with Crippen molar-refractivity contribution in [3.8, 4) is 0 Å². The van der Waals surface area contributed by atoms with Gasteiger partial charge in [-0.2, -0.15) is 0 Å². The van der Waals surface area contributed by atoms with Gasteiger partial charge in [0.15, 0.2) is 0 Å². The summed E-state index contributed by atoms with van der Waals surface area (Å²) in [6.45, 7) is 5.51. The third kappa shape index (κ3) is 3.21. The Hall–Kier alpha value is -0.0800. The first-order chi connectivity index (χ1) is 5.24. The fourth-order valence-electron chi connectivity index (χ4n) is 1.39. The van der Waals surface area contributed by atoms with Crippen LogP contribution in [-0.2, 0) is 4.74 Å². The molecule has 1 saturated carbocycles. The third-order valence-corrected chi connectivity index (χ3v) is 2.50. The molecule has 0 N–H and O–H groups in total. The number of rotatable bonds is 5. The lowest BCUT2D eigenvalue weighted by atomic mass is 10.3. The van der Waals surface area contributed by atoms with Crippen molar-refractivity contribution in [3.05, 3.63) is 0 Å². The SMILES string of the molecule is COCCN(C)CC1C[C@@H]1C. The predicted molar refractivity (Wildman–Crippen MR) is 46.6 cm³/mol. The number of hydrogen-bond acceptors (Lipinski definition) is 2. The second kappa shape index (κ2) is 4.07. The molecule has 1 unspecified atom stereocenters. The molecule has 0 saturated heterocycles. The molecule has 0 aliphatic heterocycles. The molecule has 0 aromatic rings. The minimum atomic E-state index is 0.859. The average Bonchev–Trinajstić information content (AvgIpc) is 2.62. The van der Waals surface area contributed by atoms with E-state index in [1.165, 1.54) is 13.0 Å². The van der Waals surface area contributed by atoms with Crippen molar-refractivity contribution in [2.24, 2.45) is 11.8 Å². The van der Waals surface area contributed by atoms with Crippen LogP contribution in [0.4, 0.5) is 0 Å². The van der Waals surface area contributed by atoms with Crippen molar-refractivity contribution in [3.63, 3.8) is 0 Å². The first-order valence-electron chi connectivity index (χ1n) is 4.41. The maximum absolute atomic E-state index is 5.00. The molecule has 0 radical (unpaired) electrons. The van der Waals surface area contributed by atoms with Crippen LogP contribution in [0, 0.1) is 11.8 Å². The molecule has 0 aromatic heterocycles. The molecule has 1 rings (SSSR count). The van der Waals surface area contributed by atoms with Crippen molar-refractivity contribution >= 4 is 0 Å². The highest BCUT2D eigenvalue weighted by atomic mass is 16.5. The van der Waals surface area contributed by atoms with Gasteiger partial charge in [0.2, 0.25) is 0 Å². The Kier molecular flexibility index (Phi) is 3.34. The Morgan fingerprint density at radius 3 is 2.64 bits per heavy atom. The summed E-state index contributed by atoms with van der Waals surface area (Å²) in [6, 6.07) is 0. The average molecular weight is 157 g/mol. The monoisotopic (exact) mass is 157 g/mol. The molecule has 1 aliphatic carbocycles. The number of ether oxygens (including phenoxy) is 1. The molecule has 2 heteroatoms. The van der Waals surface area contributed by atoms with Gasteiger partial charge in [-0.25, -0.2) is 0 Å². The van der Waals surface area contributed by atoms with Crippen molar-refractivity contribution in [2.45, 2.75) is 13.3 Å². The zero-order chi connectivity index (χ0) is 8.27. The van der Waals surface area contributed by atoms with E-state index in [0.29, 0.717) is 0 Å². The molecule has 0 amide bonds. The highest BCUT2D eigenvalue weighted by Gasteiger charge is 2.32. The van der Waals surface area contributed by atoms with E-state index in [1.807, 2.05) is 0 Å². The summed E-state index contributed by atoms with van der Waals surface area (Å²) < 4.78 is 5.00. The lowest BCUT2D eigenvalue weighted by Crippen LogP contribution is -2.25. The van der Waals surface area contributed by atoms with E-state index < -0.39 is 0 Å². The van der Waals surface area contributed by atoms with E-state index >= 15 is 0 Å². The molecule has 0 spiro atoms. The smallest absolute Gasteiger partial charge is 0.0589 e. The summed E-state index contributed by atoms with van der Waals surface area (Å²) in [5, 5.41) is 0. The maximum atomic E-state index is 5.00. The molecular weight excluding hydrogens is 138 g/mol. The van der Waals surface area contributed by atoms with Gasteiger partial charge in [0.1, 0.15) is 0 Å². The summed E-state index contributed by atoms with van der Waals surface area (Å²) in [4.78, 5) is 2.36. The highest BCUT2D eigenvalue weighted by Crippen LogP contribution is 2.37. The van der Waals surface area contributed by atoms with E-state index in [4.69, 9.17) is 4.74 Å². The van der Waals surface area contributed by atoms with Crippen LogP contribution in [0.25, 0.3) is 0 Å². The van der Waals surface area contributed by atoms with Crippen molar-refractivity contribution in [1.82, 2.24) is 4.90 Å². The number of methoxy groups -OCH3 is 1. The second-order valence-electron chi connectivity index (χ2n) is 3.73. The van der Waals surface area contributed by atoms with Crippen LogP contribution in [0.1, 0.15) is 13.3 Å². The van der Waals surface area contributed by atoms with E-state index in [1.54, 1.807) is 7.11 Å². The molecule has 66 valence electrons. The summed E-state index contributed by atoms with van der Waals surface area (Å²) in [5.41, 5.74) is 0. The Morgan fingerprint density at radius 1 is 1.55 bits per heavy atom. The highest BCUT2D eigenvalue weighted by molar-refractivity contribution is 4.84. The number of likely N-dealkylation sites (N-methyl/N-ethyl adjacent to an activating group) is 1. The van der Waals surface area contributed by atoms with Crippen molar-refractivity contribution in [2.75, 3.05) is 33.9 Å². The summed E-state index contributed by atoms with van der Waals surface area (Å²) in [5.74, 6) is 1.94. The van der Waals surface area contributed by atoms with E-state index in [-0.39, 0.29) is 0 Å². The largest absolute Gasteiger partial charge is 0.383 e. The van der Waals surface area contributed by atoms with E-state index in [0.717, 1.165) is 25.0 Å². The van der Waals surface area contributed by atoms with Gasteiger partial charge < -0.3 is 9.64 Å². The van der Waals surface area contributed by atoms with Crippen LogP contribution in [0.3, 0.4) is 0 Å². The van der Waals surface area contributed by atoms with Crippen LogP contribution < -0.4 is 0 Å². The number of hydrogen-bond donors (Lipinski definition) is 0. The quantitative estimate of drug-likeness (QED) is 0.595. The topological polar surface area (TPSA) is 12.5 Å². The third-order valence-electron chi connectivity index (χ3n) is 2.50. The minimum Gasteiger partial charge on any atom is -0.383 e.